The molecule has 15 heavy (non-hydrogen) atoms. The number of hydrazine groups is 1. The zero-order valence-electron chi connectivity index (χ0n) is 8.90. The van der Waals surface area contributed by atoms with E-state index in [0.717, 1.165) is 6.54 Å². The van der Waals surface area contributed by atoms with Gasteiger partial charge in [-0.25, -0.2) is 10.8 Å². The normalized spacial score (nSPS) is 11.9. The fourth-order valence-corrected chi connectivity index (χ4v) is 0.865. The zero-order valence-corrected chi connectivity index (χ0v) is 8.90. The fraction of sp³-hybridized carbons (Fsp3) is 0.625. The quantitative estimate of drug-likeness (QED) is 0.272. The summed E-state index contributed by atoms with van der Waals surface area (Å²) < 4.78 is 4.58. The van der Waals surface area contributed by atoms with E-state index in [1.165, 1.54) is 6.39 Å². The highest BCUT2D eigenvalue weighted by molar-refractivity contribution is 5.79. The maximum absolute atomic E-state index is 5.29. The highest BCUT2D eigenvalue weighted by atomic mass is 16.5. The van der Waals surface area contributed by atoms with Gasteiger partial charge in [0.25, 0.3) is 0 Å². The van der Waals surface area contributed by atoms with Gasteiger partial charge in [-0.1, -0.05) is 19.0 Å². The predicted octanol–water partition coefficient (Wildman–Crippen LogP) is -0.365. The number of nitrogens with zero attached hydrogens (tertiary/aromatic N) is 3. The molecule has 0 amide bonds. The van der Waals surface area contributed by atoms with E-state index in [9.17, 15) is 0 Å². The Hall–Kier alpha value is -1.63. The second-order valence-electron chi connectivity index (χ2n) is 3.43. The van der Waals surface area contributed by atoms with Crippen LogP contribution in [-0.4, -0.2) is 22.6 Å². The number of hydrogen-bond donors (Lipinski definition) is 3. The molecule has 84 valence electrons. The molecular formula is C8H16N6O. The molecule has 1 aromatic heterocycles. The molecule has 0 aliphatic carbocycles. The van der Waals surface area contributed by atoms with Crippen molar-refractivity contribution in [3.63, 3.8) is 0 Å². The van der Waals surface area contributed by atoms with Crippen molar-refractivity contribution in [1.82, 2.24) is 20.9 Å². The minimum absolute atomic E-state index is 0.334. The third kappa shape index (κ3) is 4.41. The van der Waals surface area contributed by atoms with Gasteiger partial charge in [0.05, 0.1) is 0 Å². The third-order valence-corrected chi connectivity index (χ3v) is 1.60. The predicted molar refractivity (Wildman–Crippen MR) is 55.6 cm³/mol. The summed E-state index contributed by atoms with van der Waals surface area (Å²) in [5.74, 6) is 6.86. The van der Waals surface area contributed by atoms with Crippen molar-refractivity contribution in [3.8, 4) is 0 Å². The highest BCUT2D eigenvalue weighted by Gasteiger charge is 2.00. The SMILES string of the molecule is CC(C)CNC(=NCc1ncon1)NN. The number of rotatable bonds is 4. The molecule has 4 N–H and O–H groups in total. The summed E-state index contributed by atoms with van der Waals surface area (Å²) >= 11 is 0. The summed E-state index contributed by atoms with van der Waals surface area (Å²) in [6.45, 7) is 5.33. The van der Waals surface area contributed by atoms with Crippen molar-refractivity contribution in [2.24, 2.45) is 16.8 Å². The molecule has 0 atom stereocenters. The zero-order chi connectivity index (χ0) is 11.1. The van der Waals surface area contributed by atoms with Crippen molar-refractivity contribution in [2.75, 3.05) is 6.54 Å². The van der Waals surface area contributed by atoms with Gasteiger partial charge >= 0.3 is 0 Å². The van der Waals surface area contributed by atoms with Crippen molar-refractivity contribution < 1.29 is 4.52 Å². The highest BCUT2D eigenvalue weighted by Crippen LogP contribution is 1.91. The first-order chi connectivity index (χ1) is 7.22. The lowest BCUT2D eigenvalue weighted by Gasteiger charge is -2.10. The standard InChI is InChI=1S/C8H16N6O/c1-6(2)3-10-8(13-9)11-4-7-12-5-15-14-7/h5-6H,3-4,9H2,1-2H3,(H2,10,11,13). The Kier molecular flexibility index (Phi) is 4.55. The molecule has 0 saturated carbocycles. The fourth-order valence-electron chi connectivity index (χ4n) is 0.865. The molecule has 1 heterocycles. The van der Waals surface area contributed by atoms with Crippen LogP contribution in [0.1, 0.15) is 19.7 Å². The van der Waals surface area contributed by atoms with Gasteiger partial charge < -0.3 is 9.84 Å². The average Bonchev–Trinajstić information content (AvgIpc) is 2.70. The van der Waals surface area contributed by atoms with Gasteiger partial charge in [0.2, 0.25) is 12.4 Å². The summed E-state index contributed by atoms with van der Waals surface area (Å²) in [5, 5.41) is 6.69. The van der Waals surface area contributed by atoms with E-state index in [4.69, 9.17) is 5.84 Å². The lowest BCUT2D eigenvalue weighted by Crippen LogP contribution is -2.43. The van der Waals surface area contributed by atoms with Crippen LogP contribution >= 0.6 is 0 Å². The number of aromatic nitrogens is 2. The van der Waals surface area contributed by atoms with Gasteiger partial charge in [0.15, 0.2) is 5.82 Å². The smallest absolute Gasteiger partial charge is 0.213 e. The van der Waals surface area contributed by atoms with Crippen LogP contribution in [0, 0.1) is 5.92 Å². The van der Waals surface area contributed by atoms with Gasteiger partial charge in [-0.15, -0.1) is 0 Å². The van der Waals surface area contributed by atoms with E-state index in [0.29, 0.717) is 24.2 Å². The van der Waals surface area contributed by atoms with Gasteiger partial charge in [-0.2, -0.15) is 4.98 Å². The van der Waals surface area contributed by atoms with Gasteiger partial charge in [0, 0.05) is 6.54 Å². The average molecular weight is 212 g/mol. The lowest BCUT2D eigenvalue weighted by molar-refractivity contribution is 0.410. The summed E-state index contributed by atoms with van der Waals surface area (Å²) in [7, 11) is 0. The molecule has 0 saturated heterocycles. The van der Waals surface area contributed by atoms with E-state index in [1.807, 2.05) is 0 Å². The second kappa shape index (κ2) is 5.97. The minimum Gasteiger partial charge on any atom is -0.355 e. The topological polar surface area (TPSA) is 101 Å². The summed E-state index contributed by atoms with van der Waals surface area (Å²) in [6, 6.07) is 0. The first-order valence-electron chi connectivity index (χ1n) is 4.72. The van der Waals surface area contributed by atoms with Crippen LogP contribution in [0.2, 0.25) is 0 Å². The molecule has 1 aromatic rings. The van der Waals surface area contributed by atoms with E-state index >= 15 is 0 Å². The van der Waals surface area contributed by atoms with Crippen molar-refractivity contribution in [1.29, 1.82) is 0 Å². The Morgan fingerprint density at radius 1 is 1.67 bits per heavy atom. The van der Waals surface area contributed by atoms with Gasteiger partial charge in [-0.3, -0.25) is 5.43 Å². The van der Waals surface area contributed by atoms with Crippen LogP contribution in [0.15, 0.2) is 15.9 Å². The van der Waals surface area contributed by atoms with Crippen LogP contribution < -0.4 is 16.6 Å². The summed E-state index contributed by atoms with van der Waals surface area (Å²) in [6.07, 6.45) is 1.27. The monoisotopic (exact) mass is 212 g/mol. The van der Waals surface area contributed by atoms with Crippen molar-refractivity contribution in [3.05, 3.63) is 12.2 Å². The lowest BCUT2D eigenvalue weighted by atomic mass is 10.2. The Balaban J connectivity index is 2.40. The number of guanidine groups is 1. The second-order valence-corrected chi connectivity index (χ2v) is 3.43. The van der Waals surface area contributed by atoms with Crippen molar-refractivity contribution in [2.45, 2.75) is 20.4 Å². The molecule has 0 bridgehead atoms. The molecule has 0 aromatic carbocycles. The van der Waals surface area contributed by atoms with Crippen LogP contribution in [-0.2, 0) is 6.54 Å². The Bertz CT molecular complexity index is 294. The molecule has 0 aliphatic heterocycles. The molecule has 0 unspecified atom stereocenters. The summed E-state index contributed by atoms with van der Waals surface area (Å²) in [4.78, 5) is 7.98. The first-order valence-corrected chi connectivity index (χ1v) is 4.72. The minimum atomic E-state index is 0.334. The van der Waals surface area contributed by atoms with Gasteiger partial charge in [-0.05, 0) is 5.92 Å². The first kappa shape index (κ1) is 11.4. The number of nitrogens with one attached hydrogen (secondary N) is 2. The molecule has 0 aliphatic rings. The summed E-state index contributed by atoms with van der Waals surface area (Å²) in [5.41, 5.74) is 2.47. The van der Waals surface area contributed by atoms with E-state index < -0.39 is 0 Å². The number of nitrogens with two attached hydrogens (primary N) is 1. The Morgan fingerprint density at radius 2 is 2.47 bits per heavy atom. The number of hydrogen-bond acceptors (Lipinski definition) is 5. The maximum Gasteiger partial charge on any atom is 0.213 e. The number of aliphatic imine (C=N–C) groups is 1. The molecule has 1 rings (SSSR count). The molecule has 7 heteroatoms. The molecule has 0 radical (unpaired) electrons. The molecule has 7 nitrogen and oxygen atoms in total. The molecule has 0 fully saturated rings. The third-order valence-electron chi connectivity index (χ3n) is 1.60. The van der Waals surface area contributed by atoms with Crippen LogP contribution in [0.3, 0.4) is 0 Å². The van der Waals surface area contributed by atoms with Crippen LogP contribution in [0.4, 0.5) is 0 Å². The van der Waals surface area contributed by atoms with E-state index in [2.05, 4.69) is 44.2 Å². The van der Waals surface area contributed by atoms with Crippen molar-refractivity contribution >= 4 is 5.96 Å². The largest absolute Gasteiger partial charge is 0.355 e. The van der Waals surface area contributed by atoms with Crippen LogP contribution in [0.25, 0.3) is 0 Å². The van der Waals surface area contributed by atoms with E-state index in [-0.39, 0.29) is 0 Å². The van der Waals surface area contributed by atoms with E-state index in [1.54, 1.807) is 0 Å². The Morgan fingerprint density at radius 3 is 3.00 bits per heavy atom. The molecule has 0 spiro atoms. The van der Waals surface area contributed by atoms with Gasteiger partial charge in [0.1, 0.15) is 6.54 Å². The van der Waals surface area contributed by atoms with Crippen LogP contribution in [0.5, 0.6) is 0 Å². The Labute approximate surface area is 88.1 Å². The maximum atomic E-state index is 5.29. The molecular weight excluding hydrogens is 196 g/mol.